The van der Waals surface area contributed by atoms with Crippen LogP contribution >= 0.6 is 0 Å². The van der Waals surface area contributed by atoms with Crippen LogP contribution in [0.5, 0.6) is 11.5 Å². The number of aryl methyl sites for hydroxylation is 1. The summed E-state index contributed by atoms with van der Waals surface area (Å²) in [5, 5.41) is 6.57. The molecular formula is C18H23N3O4. The molecule has 134 valence electrons. The quantitative estimate of drug-likeness (QED) is 0.867. The van der Waals surface area contributed by atoms with Crippen LogP contribution in [0.1, 0.15) is 30.2 Å². The molecule has 1 atom stereocenters. The van der Waals surface area contributed by atoms with Gasteiger partial charge in [-0.15, -0.1) is 0 Å². The number of rotatable bonds is 6. The Kier molecular flexibility index (Phi) is 5.23. The highest BCUT2D eigenvalue weighted by molar-refractivity contribution is 5.91. The van der Waals surface area contributed by atoms with Crippen LogP contribution < -0.4 is 14.8 Å². The van der Waals surface area contributed by atoms with Crippen molar-refractivity contribution < 1.29 is 18.8 Å². The summed E-state index contributed by atoms with van der Waals surface area (Å²) < 4.78 is 15.8. The average molecular weight is 345 g/mol. The van der Waals surface area contributed by atoms with Crippen molar-refractivity contribution in [3.63, 3.8) is 0 Å². The molecule has 1 aliphatic rings. The molecule has 0 radical (unpaired) electrons. The fraction of sp³-hybridized carbons (Fsp3) is 0.444. The maximum absolute atomic E-state index is 12.3. The van der Waals surface area contributed by atoms with Crippen LogP contribution in [0.2, 0.25) is 0 Å². The zero-order chi connectivity index (χ0) is 17.8. The molecule has 2 aromatic rings. The number of amides is 1. The van der Waals surface area contributed by atoms with Crippen LogP contribution in [0.4, 0.5) is 5.82 Å². The second-order valence-electron chi connectivity index (χ2n) is 6.11. The van der Waals surface area contributed by atoms with Crippen molar-refractivity contribution in [2.24, 2.45) is 0 Å². The minimum absolute atomic E-state index is 0.104. The topological polar surface area (TPSA) is 76.8 Å². The molecule has 25 heavy (non-hydrogen) atoms. The summed E-state index contributed by atoms with van der Waals surface area (Å²) in [6.45, 7) is 2.95. The van der Waals surface area contributed by atoms with E-state index >= 15 is 0 Å². The zero-order valence-electron chi connectivity index (χ0n) is 14.7. The van der Waals surface area contributed by atoms with Crippen molar-refractivity contribution in [1.29, 1.82) is 0 Å². The third-order valence-corrected chi connectivity index (χ3v) is 4.41. The van der Waals surface area contributed by atoms with E-state index < -0.39 is 0 Å². The van der Waals surface area contributed by atoms with Crippen molar-refractivity contribution in [2.75, 3.05) is 32.6 Å². The molecule has 3 rings (SSSR count). The molecule has 1 amide bonds. The van der Waals surface area contributed by atoms with Gasteiger partial charge in [-0.1, -0.05) is 11.2 Å². The summed E-state index contributed by atoms with van der Waals surface area (Å²) in [6.07, 6.45) is 2.02. The van der Waals surface area contributed by atoms with Gasteiger partial charge >= 0.3 is 0 Å². The number of hydrogen-bond donors (Lipinski definition) is 1. The van der Waals surface area contributed by atoms with E-state index in [1.807, 2.05) is 18.2 Å². The normalized spacial score (nSPS) is 17.5. The van der Waals surface area contributed by atoms with Crippen molar-refractivity contribution in [1.82, 2.24) is 10.1 Å². The first-order valence-electron chi connectivity index (χ1n) is 8.30. The van der Waals surface area contributed by atoms with Crippen LogP contribution in [0.25, 0.3) is 0 Å². The smallest absolute Gasteiger partial charge is 0.239 e. The average Bonchev–Trinajstić information content (AvgIpc) is 3.23. The van der Waals surface area contributed by atoms with E-state index in [9.17, 15) is 4.79 Å². The van der Waals surface area contributed by atoms with Gasteiger partial charge in [0.1, 0.15) is 17.3 Å². The predicted octanol–water partition coefficient (Wildman–Crippen LogP) is 2.78. The number of nitrogens with one attached hydrogen (secondary N) is 1. The summed E-state index contributed by atoms with van der Waals surface area (Å²) in [7, 11) is 3.28. The van der Waals surface area contributed by atoms with Crippen molar-refractivity contribution in [3.8, 4) is 11.5 Å². The highest BCUT2D eigenvalue weighted by Gasteiger charge is 2.30. The number of hydrogen-bond acceptors (Lipinski definition) is 6. The van der Waals surface area contributed by atoms with E-state index in [1.54, 1.807) is 27.2 Å². The van der Waals surface area contributed by atoms with Gasteiger partial charge in [-0.3, -0.25) is 9.69 Å². The fourth-order valence-electron chi connectivity index (χ4n) is 3.25. The number of benzene rings is 1. The maximum atomic E-state index is 12.3. The molecule has 1 saturated heterocycles. The first kappa shape index (κ1) is 17.3. The SMILES string of the molecule is COc1ccc([C@@H]2CCCN2CC(=O)Nc2cc(C)on2)c(OC)c1. The molecular weight excluding hydrogens is 322 g/mol. The molecule has 1 N–H and O–H groups in total. The third kappa shape index (κ3) is 3.93. The lowest BCUT2D eigenvalue weighted by Gasteiger charge is -2.25. The van der Waals surface area contributed by atoms with Crippen molar-refractivity contribution in [3.05, 3.63) is 35.6 Å². The van der Waals surface area contributed by atoms with Gasteiger partial charge in [-0.05, 0) is 32.4 Å². The molecule has 1 aromatic heterocycles. The lowest BCUT2D eigenvalue weighted by molar-refractivity contribution is -0.117. The lowest BCUT2D eigenvalue weighted by Crippen LogP contribution is -2.33. The van der Waals surface area contributed by atoms with E-state index in [4.69, 9.17) is 14.0 Å². The van der Waals surface area contributed by atoms with Gasteiger partial charge in [-0.2, -0.15) is 0 Å². The molecule has 1 aliphatic heterocycles. The van der Waals surface area contributed by atoms with Gasteiger partial charge in [0.25, 0.3) is 0 Å². The molecule has 7 nitrogen and oxygen atoms in total. The largest absolute Gasteiger partial charge is 0.497 e. The summed E-state index contributed by atoms with van der Waals surface area (Å²) in [6, 6.07) is 7.66. The number of anilines is 1. The number of ether oxygens (including phenoxy) is 2. The van der Waals surface area contributed by atoms with E-state index in [-0.39, 0.29) is 11.9 Å². The first-order chi connectivity index (χ1) is 12.1. The molecule has 0 unspecified atom stereocenters. The molecule has 0 aliphatic carbocycles. The maximum Gasteiger partial charge on any atom is 0.239 e. The van der Waals surface area contributed by atoms with Crippen LogP contribution in [0.15, 0.2) is 28.8 Å². The van der Waals surface area contributed by atoms with Crippen LogP contribution in [0, 0.1) is 6.92 Å². The standard InChI is InChI=1S/C18H23N3O4/c1-12-9-17(20-25-12)19-18(22)11-21-8-4-5-15(21)14-7-6-13(23-2)10-16(14)24-3/h6-7,9-10,15H,4-5,8,11H2,1-3H3,(H,19,20,22)/t15-/m0/s1. The minimum atomic E-state index is -0.104. The molecule has 7 heteroatoms. The van der Waals surface area contributed by atoms with Crippen LogP contribution in [0.3, 0.4) is 0 Å². The van der Waals surface area contributed by atoms with Gasteiger partial charge in [0.05, 0.1) is 20.8 Å². The van der Waals surface area contributed by atoms with E-state index in [1.165, 1.54) is 0 Å². The highest BCUT2D eigenvalue weighted by Crippen LogP contribution is 2.38. The summed E-state index contributed by atoms with van der Waals surface area (Å²) in [4.78, 5) is 14.5. The zero-order valence-corrected chi connectivity index (χ0v) is 14.7. The van der Waals surface area contributed by atoms with Crippen molar-refractivity contribution in [2.45, 2.75) is 25.8 Å². The Morgan fingerprint density at radius 3 is 2.88 bits per heavy atom. The van der Waals surface area contributed by atoms with Gasteiger partial charge in [0, 0.05) is 23.7 Å². The number of methoxy groups -OCH3 is 2. The Morgan fingerprint density at radius 1 is 1.36 bits per heavy atom. The van der Waals surface area contributed by atoms with Gasteiger partial charge in [0.15, 0.2) is 5.82 Å². The molecule has 1 aromatic carbocycles. The Balaban J connectivity index is 1.71. The summed E-state index contributed by atoms with van der Waals surface area (Å²) >= 11 is 0. The molecule has 0 saturated carbocycles. The number of likely N-dealkylation sites (tertiary alicyclic amines) is 1. The van der Waals surface area contributed by atoms with Gasteiger partial charge in [-0.25, -0.2) is 0 Å². The molecule has 1 fully saturated rings. The Morgan fingerprint density at radius 2 is 2.20 bits per heavy atom. The van der Waals surface area contributed by atoms with Crippen LogP contribution in [-0.4, -0.2) is 43.3 Å². The monoisotopic (exact) mass is 345 g/mol. The second kappa shape index (κ2) is 7.57. The Hall–Kier alpha value is -2.54. The van der Waals surface area contributed by atoms with Crippen LogP contribution in [-0.2, 0) is 4.79 Å². The molecule has 2 heterocycles. The number of aromatic nitrogens is 1. The highest BCUT2D eigenvalue weighted by atomic mass is 16.5. The lowest BCUT2D eigenvalue weighted by atomic mass is 10.0. The fourth-order valence-corrected chi connectivity index (χ4v) is 3.25. The second-order valence-corrected chi connectivity index (χ2v) is 6.11. The Labute approximate surface area is 146 Å². The van der Waals surface area contributed by atoms with Gasteiger partial charge in [0.2, 0.25) is 5.91 Å². The predicted molar refractivity (Wildman–Crippen MR) is 93.0 cm³/mol. The molecule has 0 spiro atoms. The third-order valence-electron chi connectivity index (χ3n) is 4.41. The minimum Gasteiger partial charge on any atom is -0.497 e. The van der Waals surface area contributed by atoms with E-state index in [0.717, 1.165) is 36.4 Å². The molecule has 0 bridgehead atoms. The number of carbonyl (C=O) groups is 1. The first-order valence-corrected chi connectivity index (χ1v) is 8.30. The van der Waals surface area contributed by atoms with Crippen molar-refractivity contribution >= 4 is 11.7 Å². The summed E-state index contributed by atoms with van der Waals surface area (Å²) in [5.41, 5.74) is 1.07. The summed E-state index contributed by atoms with van der Waals surface area (Å²) in [5.74, 6) is 2.54. The Bertz CT molecular complexity index is 744. The van der Waals surface area contributed by atoms with E-state index in [2.05, 4.69) is 15.4 Å². The number of nitrogens with zero attached hydrogens (tertiary/aromatic N) is 2. The van der Waals surface area contributed by atoms with E-state index in [0.29, 0.717) is 18.1 Å². The van der Waals surface area contributed by atoms with Gasteiger partial charge < -0.3 is 19.3 Å². The number of carbonyl (C=O) groups excluding carboxylic acids is 1.